The number of carbonyl (C=O) groups is 2. The number of halogens is 1. The Balaban J connectivity index is 1.65. The average Bonchev–Trinajstić information content (AvgIpc) is 3.16. The van der Waals surface area contributed by atoms with Gasteiger partial charge in [-0.3, -0.25) is 4.79 Å². The van der Waals surface area contributed by atoms with E-state index in [1.54, 1.807) is 37.3 Å². The summed E-state index contributed by atoms with van der Waals surface area (Å²) < 4.78 is 6.99. The Hall–Kier alpha value is -3.19. The van der Waals surface area contributed by atoms with Crippen molar-refractivity contribution in [2.75, 3.05) is 5.32 Å². The van der Waals surface area contributed by atoms with E-state index in [9.17, 15) is 9.59 Å². The lowest BCUT2D eigenvalue weighted by Gasteiger charge is -2.33. The molecule has 4 rings (SSSR count). The second-order valence-corrected chi connectivity index (χ2v) is 6.85. The van der Waals surface area contributed by atoms with Crippen LogP contribution < -0.4 is 5.32 Å². The molecule has 0 bridgehead atoms. The number of hydrogen-bond acceptors (Lipinski definition) is 5. The van der Waals surface area contributed by atoms with Gasteiger partial charge in [0.05, 0.1) is 16.9 Å². The van der Waals surface area contributed by atoms with E-state index in [4.69, 9.17) is 16.3 Å². The van der Waals surface area contributed by atoms with Crippen molar-refractivity contribution in [3.05, 3.63) is 71.3 Å². The monoisotopic (exact) mass is 382 g/mol. The van der Waals surface area contributed by atoms with Crippen LogP contribution in [0.2, 0.25) is 5.02 Å². The third kappa shape index (κ3) is 3.17. The summed E-state index contributed by atoms with van der Waals surface area (Å²) >= 11 is 6.09. The Morgan fingerprint density at radius 3 is 2.89 bits per heavy atom. The molecule has 1 atom stereocenters. The zero-order valence-electron chi connectivity index (χ0n) is 14.3. The molecule has 3 aromatic rings. The van der Waals surface area contributed by atoms with Crippen molar-refractivity contribution >= 4 is 29.2 Å². The summed E-state index contributed by atoms with van der Waals surface area (Å²) in [5.74, 6) is -0.967. The molecule has 1 N–H and O–H groups in total. The summed E-state index contributed by atoms with van der Waals surface area (Å²) in [6.45, 7) is 1.59. The number of nitrogens with one attached hydrogen (secondary N) is 1. The topological polar surface area (TPSA) is 86.1 Å². The van der Waals surface area contributed by atoms with E-state index in [2.05, 4.69) is 15.4 Å². The number of esters is 1. The summed E-state index contributed by atoms with van der Waals surface area (Å²) in [5, 5.41) is 7.34. The summed E-state index contributed by atoms with van der Waals surface area (Å²) in [5.41, 5.74) is 0.946. The van der Waals surface area contributed by atoms with Crippen LogP contribution in [0.5, 0.6) is 0 Å². The molecule has 0 saturated heterocycles. The lowest BCUT2D eigenvalue weighted by Crippen LogP contribution is -2.49. The summed E-state index contributed by atoms with van der Waals surface area (Å²) in [7, 11) is 0. The van der Waals surface area contributed by atoms with Gasteiger partial charge in [-0.05, 0) is 36.8 Å². The molecule has 1 aliphatic heterocycles. The molecule has 2 aromatic carbocycles. The molecule has 0 radical (unpaired) electrons. The normalized spacial score (nSPS) is 18.5. The number of cyclic esters (lactones) is 1. The van der Waals surface area contributed by atoms with Crippen LogP contribution in [0.3, 0.4) is 0 Å². The Morgan fingerprint density at radius 1 is 1.30 bits per heavy atom. The van der Waals surface area contributed by atoms with Crippen molar-refractivity contribution in [1.29, 1.82) is 0 Å². The van der Waals surface area contributed by atoms with E-state index in [1.807, 2.05) is 12.1 Å². The molecule has 0 saturated carbocycles. The Bertz CT molecular complexity index is 1040. The standard InChI is InChI=1S/C19H15ClN4O3/c1-19(9-12-4-2-3-5-14(12)17(25)27-19)18(26)23-15-8-13(20)6-7-16(15)24-11-21-10-22-24/h2-8,10-11H,9H2,1H3,(H,23,26). The highest BCUT2D eigenvalue weighted by Crippen LogP contribution is 2.31. The second kappa shape index (κ2) is 6.51. The van der Waals surface area contributed by atoms with Crippen LogP contribution in [0.4, 0.5) is 5.69 Å². The SMILES string of the molecule is CC1(C(=O)Nc2cc(Cl)ccc2-n2cncn2)Cc2ccccc2C(=O)O1. The fourth-order valence-electron chi connectivity index (χ4n) is 3.05. The van der Waals surface area contributed by atoms with Gasteiger partial charge in [0.25, 0.3) is 5.91 Å². The first-order valence-corrected chi connectivity index (χ1v) is 8.61. The summed E-state index contributed by atoms with van der Waals surface area (Å²) in [6.07, 6.45) is 3.18. The molecule has 136 valence electrons. The van der Waals surface area contributed by atoms with Crippen molar-refractivity contribution in [2.24, 2.45) is 0 Å². The number of benzene rings is 2. The molecule has 1 aliphatic rings. The zero-order valence-corrected chi connectivity index (χ0v) is 15.1. The molecule has 1 unspecified atom stereocenters. The van der Waals surface area contributed by atoms with Gasteiger partial charge in [0.1, 0.15) is 12.7 Å². The predicted octanol–water partition coefficient (Wildman–Crippen LogP) is 3.03. The van der Waals surface area contributed by atoms with E-state index >= 15 is 0 Å². The third-order valence-electron chi connectivity index (χ3n) is 4.44. The minimum absolute atomic E-state index is 0.278. The molecule has 0 aliphatic carbocycles. The molecule has 2 heterocycles. The number of fused-ring (bicyclic) bond motifs is 1. The van der Waals surface area contributed by atoms with Crippen LogP contribution in [-0.4, -0.2) is 32.2 Å². The smallest absolute Gasteiger partial charge is 0.339 e. The zero-order chi connectivity index (χ0) is 19.0. The molecule has 1 amide bonds. The molecule has 0 spiro atoms. The minimum atomic E-state index is -1.34. The molecular formula is C19H15ClN4O3. The number of carbonyl (C=O) groups excluding carboxylic acids is 2. The van der Waals surface area contributed by atoms with E-state index in [-0.39, 0.29) is 6.42 Å². The first-order chi connectivity index (χ1) is 13.0. The number of aromatic nitrogens is 3. The van der Waals surface area contributed by atoms with Crippen LogP contribution in [0.15, 0.2) is 55.1 Å². The Morgan fingerprint density at radius 2 is 2.11 bits per heavy atom. The highest BCUT2D eigenvalue weighted by molar-refractivity contribution is 6.31. The summed E-state index contributed by atoms with van der Waals surface area (Å²) in [6, 6.07) is 12.1. The van der Waals surface area contributed by atoms with Crippen LogP contribution in [0, 0.1) is 0 Å². The fraction of sp³-hybridized carbons (Fsp3) is 0.158. The molecule has 1 aromatic heterocycles. The van der Waals surface area contributed by atoms with Gasteiger partial charge in [0.15, 0.2) is 5.60 Å². The van der Waals surface area contributed by atoms with Crippen molar-refractivity contribution in [3.63, 3.8) is 0 Å². The van der Waals surface area contributed by atoms with Crippen molar-refractivity contribution in [2.45, 2.75) is 18.9 Å². The predicted molar refractivity (Wildman–Crippen MR) is 99.0 cm³/mol. The first kappa shape index (κ1) is 17.2. The lowest BCUT2D eigenvalue weighted by molar-refractivity contribution is -0.134. The van der Waals surface area contributed by atoms with Gasteiger partial charge < -0.3 is 10.1 Å². The number of amides is 1. The maximum atomic E-state index is 13.0. The van der Waals surface area contributed by atoms with Crippen LogP contribution in [0.1, 0.15) is 22.8 Å². The van der Waals surface area contributed by atoms with Crippen molar-refractivity contribution in [3.8, 4) is 5.69 Å². The molecule has 7 nitrogen and oxygen atoms in total. The maximum absolute atomic E-state index is 13.0. The minimum Gasteiger partial charge on any atom is -0.445 e. The van der Waals surface area contributed by atoms with Gasteiger partial charge in [-0.25, -0.2) is 14.5 Å². The van der Waals surface area contributed by atoms with E-state index in [0.29, 0.717) is 22.0 Å². The second-order valence-electron chi connectivity index (χ2n) is 6.41. The van der Waals surface area contributed by atoms with E-state index < -0.39 is 17.5 Å². The fourth-order valence-corrected chi connectivity index (χ4v) is 3.23. The van der Waals surface area contributed by atoms with E-state index in [0.717, 1.165) is 5.56 Å². The van der Waals surface area contributed by atoms with Crippen LogP contribution >= 0.6 is 11.6 Å². The van der Waals surface area contributed by atoms with Gasteiger partial charge >= 0.3 is 5.97 Å². The van der Waals surface area contributed by atoms with Crippen molar-refractivity contribution in [1.82, 2.24) is 14.8 Å². The Kier molecular flexibility index (Phi) is 4.16. The molecule has 27 heavy (non-hydrogen) atoms. The molecule has 8 heteroatoms. The first-order valence-electron chi connectivity index (χ1n) is 8.23. The van der Waals surface area contributed by atoms with Crippen LogP contribution in [0.25, 0.3) is 5.69 Å². The van der Waals surface area contributed by atoms with Gasteiger partial charge in [-0.1, -0.05) is 29.8 Å². The van der Waals surface area contributed by atoms with Gasteiger partial charge in [0.2, 0.25) is 0 Å². The number of rotatable bonds is 3. The number of ether oxygens (including phenoxy) is 1. The van der Waals surface area contributed by atoms with Gasteiger partial charge in [0, 0.05) is 11.4 Å². The number of hydrogen-bond donors (Lipinski definition) is 1. The summed E-state index contributed by atoms with van der Waals surface area (Å²) in [4.78, 5) is 29.2. The molecule has 0 fully saturated rings. The van der Waals surface area contributed by atoms with E-state index in [1.165, 1.54) is 17.3 Å². The quantitative estimate of drug-likeness (QED) is 0.703. The number of anilines is 1. The average molecular weight is 383 g/mol. The highest BCUT2D eigenvalue weighted by atomic mass is 35.5. The maximum Gasteiger partial charge on any atom is 0.339 e. The Labute approximate surface area is 159 Å². The van der Waals surface area contributed by atoms with Gasteiger partial charge in [-0.15, -0.1) is 0 Å². The van der Waals surface area contributed by atoms with Crippen LogP contribution in [-0.2, 0) is 16.0 Å². The largest absolute Gasteiger partial charge is 0.445 e. The van der Waals surface area contributed by atoms with Crippen molar-refractivity contribution < 1.29 is 14.3 Å². The number of nitrogens with zero attached hydrogens (tertiary/aromatic N) is 3. The third-order valence-corrected chi connectivity index (χ3v) is 4.67. The molecular weight excluding hydrogens is 368 g/mol. The highest BCUT2D eigenvalue weighted by Gasteiger charge is 2.42. The lowest BCUT2D eigenvalue weighted by atomic mass is 9.89. The van der Waals surface area contributed by atoms with Gasteiger partial charge in [-0.2, -0.15) is 5.10 Å².